The maximum absolute atomic E-state index is 12.1. The van der Waals surface area contributed by atoms with Crippen LogP contribution in [0.2, 0.25) is 0 Å². The average Bonchev–Trinajstić information content (AvgIpc) is 2.14. The number of morpholine rings is 1. The van der Waals surface area contributed by atoms with Crippen LogP contribution in [0.1, 0.15) is 13.8 Å². The van der Waals surface area contributed by atoms with Crippen LogP contribution in [0.15, 0.2) is 0 Å². The fraction of sp³-hybridized carbons (Fsp3) is 0.889. The summed E-state index contributed by atoms with van der Waals surface area (Å²) in [7, 11) is 0. The molecule has 0 radical (unpaired) electrons. The Bertz CT molecular complexity index is 242. The number of hydrogen-bond acceptors (Lipinski definition) is 3. The van der Waals surface area contributed by atoms with Gasteiger partial charge in [0.1, 0.15) is 0 Å². The number of ketones is 1. The van der Waals surface area contributed by atoms with E-state index in [1.807, 2.05) is 0 Å². The SMILES string of the molecule is CC1COCC(C(C)C(=O)C(F)(F)F)N1. The van der Waals surface area contributed by atoms with Crippen LogP contribution >= 0.6 is 0 Å². The Morgan fingerprint density at radius 2 is 2.07 bits per heavy atom. The highest BCUT2D eigenvalue weighted by Gasteiger charge is 2.44. The largest absolute Gasteiger partial charge is 0.450 e. The van der Waals surface area contributed by atoms with Gasteiger partial charge < -0.3 is 10.1 Å². The van der Waals surface area contributed by atoms with E-state index in [1.165, 1.54) is 6.92 Å². The van der Waals surface area contributed by atoms with Crippen molar-refractivity contribution in [2.75, 3.05) is 13.2 Å². The smallest absolute Gasteiger partial charge is 0.378 e. The third kappa shape index (κ3) is 3.17. The first-order valence-corrected chi connectivity index (χ1v) is 4.77. The molecule has 1 heterocycles. The van der Waals surface area contributed by atoms with E-state index in [0.717, 1.165) is 0 Å². The molecule has 0 spiro atoms. The monoisotopic (exact) mass is 225 g/mol. The van der Waals surface area contributed by atoms with Crippen LogP contribution in [0.5, 0.6) is 0 Å². The van der Waals surface area contributed by atoms with Crippen molar-refractivity contribution in [2.24, 2.45) is 5.92 Å². The van der Waals surface area contributed by atoms with Crippen molar-refractivity contribution in [3.63, 3.8) is 0 Å². The summed E-state index contributed by atoms with van der Waals surface area (Å²) in [4.78, 5) is 10.9. The van der Waals surface area contributed by atoms with Crippen LogP contribution in [0.3, 0.4) is 0 Å². The minimum Gasteiger partial charge on any atom is -0.378 e. The minimum atomic E-state index is -4.76. The van der Waals surface area contributed by atoms with E-state index in [1.54, 1.807) is 6.92 Å². The van der Waals surface area contributed by atoms with Crippen molar-refractivity contribution in [2.45, 2.75) is 32.1 Å². The fourth-order valence-corrected chi connectivity index (χ4v) is 1.56. The first-order chi connectivity index (χ1) is 6.82. The quantitative estimate of drug-likeness (QED) is 0.765. The van der Waals surface area contributed by atoms with E-state index >= 15 is 0 Å². The van der Waals surface area contributed by atoms with Crippen molar-refractivity contribution in [1.82, 2.24) is 5.32 Å². The van der Waals surface area contributed by atoms with E-state index in [0.29, 0.717) is 6.61 Å². The topological polar surface area (TPSA) is 38.3 Å². The molecule has 3 unspecified atom stereocenters. The lowest BCUT2D eigenvalue weighted by molar-refractivity contribution is -0.177. The van der Waals surface area contributed by atoms with E-state index in [9.17, 15) is 18.0 Å². The van der Waals surface area contributed by atoms with E-state index in [4.69, 9.17) is 4.74 Å². The Hall–Kier alpha value is -0.620. The summed E-state index contributed by atoms with van der Waals surface area (Å²) in [5.74, 6) is -2.80. The number of alkyl halides is 3. The number of nitrogens with one attached hydrogen (secondary N) is 1. The first-order valence-electron chi connectivity index (χ1n) is 4.77. The number of hydrogen-bond donors (Lipinski definition) is 1. The van der Waals surface area contributed by atoms with Crippen LogP contribution < -0.4 is 5.32 Å². The second kappa shape index (κ2) is 4.49. The summed E-state index contributed by atoms with van der Waals surface area (Å²) in [5.41, 5.74) is 0. The van der Waals surface area contributed by atoms with Crippen LogP contribution in [0.25, 0.3) is 0 Å². The summed E-state index contributed by atoms with van der Waals surface area (Å²) >= 11 is 0. The highest BCUT2D eigenvalue weighted by molar-refractivity contribution is 5.86. The number of carbonyl (C=O) groups is 1. The molecular formula is C9H14F3NO2. The van der Waals surface area contributed by atoms with Crippen LogP contribution in [-0.2, 0) is 9.53 Å². The van der Waals surface area contributed by atoms with Gasteiger partial charge in [0.05, 0.1) is 13.2 Å². The molecule has 0 aliphatic carbocycles. The maximum Gasteiger partial charge on any atom is 0.450 e. The van der Waals surface area contributed by atoms with Gasteiger partial charge in [0, 0.05) is 18.0 Å². The van der Waals surface area contributed by atoms with Crippen molar-refractivity contribution in [3.05, 3.63) is 0 Å². The second-order valence-corrected chi connectivity index (χ2v) is 3.86. The Balaban J connectivity index is 2.59. The molecule has 1 rings (SSSR count). The molecule has 1 fully saturated rings. The third-order valence-corrected chi connectivity index (χ3v) is 2.46. The molecule has 0 amide bonds. The summed E-state index contributed by atoms with van der Waals surface area (Å²) in [6.07, 6.45) is -4.76. The number of carbonyl (C=O) groups excluding carboxylic acids is 1. The van der Waals surface area contributed by atoms with Gasteiger partial charge in [-0.25, -0.2) is 0 Å². The zero-order valence-corrected chi connectivity index (χ0v) is 8.60. The van der Waals surface area contributed by atoms with Gasteiger partial charge in [0.15, 0.2) is 0 Å². The highest BCUT2D eigenvalue weighted by Crippen LogP contribution is 2.23. The van der Waals surface area contributed by atoms with Crippen molar-refractivity contribution < 1.29 is 22.7 Å². The van der Waals surface area contributed by atoms with Crippen LogP contribution in [-0.4, -0.2) is 37.3 Å². The summed E-state index contributed by atoms with van der Waals surface area (Å²) < 4.78 is 41.5. The summed E-state index contributed by atoms with van der Waals surface area (Å²) in [5, 5.41) is 2.92. The molecule has 0 saturated carbocycles. The van der Waals surface area contributed by atoms with Gasteiger partial charge in [-0.05, 0) is 6.92 Å². The van der Waals surface area contributed by atoms with Gasteiger partial charge in [-0.15, -0.1) is 0 Å². The number of rotatable bonds is 2. The molecule has 1 saturated heterocycles. The molecule has 0 aromatic carbocycles. The van der Waals surface area contributed by atoms with Crippen LogP contribution in [0, 0.1) is 5.92 Å². The van der Waals surface area contributed by atoms with Gasteiger partial charge in [0.2, 0.25) is 5.78 Å². The summed E-state index contributed by atoms with van der Waals surface area (Å²) in [6.45, 7) is 3.68. The highest BCUT2D eigenvalue weighted by atomic mass is 19.4. The number of halogens is 3. The van der Waals surface area contributed by atoms with Gasteiger partial charge in [-0.1, -0.05) is 6.92 Å². The molecule has 3 nitrogen and oxygen atoms in total. The molecule has 1 N–H and O–H groups in total. The maximum atomic E-state index is 12.1. The first kappa shape index (κ1) is 12.4. The second-order valence-electron chi connectivity index (χ2n) is 3.86. The van der Waals surface area contributed by atoms with E-state index in [2.05, 4.69) is 5.32 Å². The average molecular weight is 225 g/mol. The van der Waals surface area contributed by atoms with Crippen LogP contribution in [0.4, 0.5) is 13.2 Å². The Morgan fingerprint density at radius 1 is 1.47 bits per heavy atom. The van der Waals surface area contributed by atoms with Crippen molar-refractivity contribution >= 4 is 5.78 Å². The standard InChI is InChI=1S/C9H14F3NO2/c1-5-3-15-4-7(13-5)6(2)8(14)9(10,11)12/h5-7,13H,3-4H2,1-2H3. The molecular weight excluding hydrogens is 211 g/mol. The van der Waals surface area contributed by atoms with Crippen molar-refractivity contribution in [1.29, 1.82) is 0 Å². The Morgan fingerprint density at radius 3 is 2.53 bits per heavy atom. The molecule has 15 heavy (non-hydrogen) atoms. The molecule has 6 heteroatoms. The predicted octanol–water partition coefficient (Wildman–Crippen LogP) is 1.13. The minimum absolute atomic E-state index is 0.0211. The summed E-state index contributed by atoms with van der Waals surface area (Å²) in [6, 6.07) is -0.574. The number of ether oxygens (including phenoxy) is 1. The molecule has 1 aliphatic rings. The lowest BCUT2D eigenvalue weighted by Gasteiger charge is -2.32. The zero-order chi connectivity index (χ0) is 11.6. The van der Waals surface area contributed by atoms with Gasteiger partial charge in [-0.2, -0.15) is 13.2 Å². The zero-order valence-electron chi connectivity index (χ0n) is 8.60. The molecule has 0 bridgehead atoms. The third-order valence-electron chi connectivity index (χ3n) is 2.46. The van der Waals surface area contributed by atoms with Crippen molar-refractivity contribution in [3.8, 4) is 0 Å². The normalized spacial score (nSPS) is 29.9. The molecule has 3 atom stereocenters. The van der Waals surface area contributed by atoms with Gasteiger partial charge in [0.25, 0.3) is 0 Å². The Kier molecular flexibility index (Phi) is 3.72. The number of Topliss-reactive ketones (excluding diaryl/α,β-unsaturated/α-hetero) is 1. The molecule has 0 aromatic rings. The van der Waals surface area contributed by atoms with Gasteiger partial charge in [-0.3, -0.25) is 4.79 Å². The van der Waals surface area contributed by atoms with E-state index in [-0.39, 0.29) is 12.6 Å². The molecule has 1 aliphatic heterocycles. The lowest BCUT2D eigenvalue weighted by atomic mass is 9.95. The van der Waals surface area contributed by atoms with E-state index < -0.39 is 23.9 Å². The van der Waals surface area contributed by atoms with Gasteiger partial charge >= 0.3 is 6.18 Å². The Labute approximate surface area is 86.0 Å². The lowest BCUT2D eigenvalue weighted by Crippen LogP contribution is -2.53. The molecule has 0 aromatic heterocycles. The molecule has 88 valence electrons. The fourth-order valence-electron chi connectivity index (χ4n) is 1.56. The predicted molar refractivity (Wildman–Crippen MR) is 47.4 cm³/mol.